The van der Waals surface area contributed by atoms with E-state index in [0.717, 1.165) is 24.1 Å². The number of H-pyrrole nitrogens is 1. The van der Waals surface area contributed by atoms with Crippen molar-refractivity contribution in [3.05, 3.63) is 53.4 Å². The van der Waals surface area contributed by atoms with E-state index >= 15 is 4.39 Å². The molecule has 2 aromatic heterocycles. The molecule has 2 aliphatic rings. The van der Waals surface area contributed by atoms with E-state index in [4.69, 9.17) is 14.2 Å². The van der Waals surface area contributed by atoms with Crippen LogP contribution >= 0.6 is 0 Å². The number of halogens is 2. The summed E-state index contributed by atoms with van der Waals surface area (Å²) in [6, 6.07) is 6.53. The van der Waals surface area contributed by atoms with Crippen molar-refractivity contribution in [3.8, 4) is 11.4 Å². The number of methoxy groups -OCH3 is 1. The Balaban J connectivity index is 1.66. The number of nitrogens with one attached hydrogen (secondary N) is 1. The minimum atomic E-state index is -0.991. The molecule has 2 atom stereocenters. The third kappa shape index (κ3) is 3.95. The van der Waals surface area contributed by atoms with Crippen molar-refractivity contribution in [1.82, 2.24) is 14.8 Å². The molecule has 10 heteroatoms. The zero-order valence-electron chi connectivity index (χ0n) is 20.3. The Morgan fingerprint density at radius 2 is 1.97 bits per heavy atom. The molecule has 0 spiro atoms. The van der Waals surface area contributed by atoms with Gasteiger partial charge in [-0.3, -0.25) is 5.10 Å². The monoisotopic (exact) mass is 511 g/mol. The van der Waals surface area contributed by atoms with E-state index in [2.05, 4.69) is 10.2 Å². The number of rotatable bonds is 5. The first-order chi connectivity index (χ1) is 18.0. The van der Waals surface area contributed by atoms with Crippen LogP contribution in [0.1, 0.15) is 48.8 Å². The lowest BCUT2D eigenvalue weighted by Crippen LogP contribution is -2.32. The fourth-order valence-electron chi connectivity index (χ4n) is 5.87. The SMILES string of the molecule is COc1cc(-n2c(C3CCOCC3)c([C@H]3CCC(C(=O)O)OC3)c3c(F)c4[nH]ncc4cc32)ccc1F. The average molecular weight is 512 g/mol. The highest BCUT2D eigenvalue weighted by Gasteiger charge is 2.36. The number of carbonyl (C=O) groups is 1. The van der Waals surface area contributed by atoms with Crippen LogP contribution < -0.4 is 4.74 Å². The first kappa shape index (κ1) is 23.9. The molecule has 2 fully saturated rings. The summed E-state index contributed by atoms with van der Waals surface area (Å²) in [5.41, 5.74) is 3.33. The molecule has 2 aromatic carbocycles. The van der Waals surface area contributed by atoms with Crippen LogP contribution in [0, 0.1) is 11.6 Å². The van der Waals surface area contributed by atoms with Crippen molar-refractivity contribution in [2.45, 2.75) is 43.6 Å². The van der Waals surface area contributed by atoms with Crippen molar-refractivity contribution in [2.24, 2.45) is 0 Å². The van der Waals surface area contributed by atoms with E-state index < -0.39 is 23.7 Å². The minimum absolute atomic E-state index is 0.0558. The summed E-state index contributed by atoms with van der Waals surface area (Å²) in [5, 5.41) is 17.3. The van der Waals surface area contributed by atoms with Crippen molar-refractivity contribution >= 4 is 27.8 Å². The highest BCUT2D eigenvalue weighted by Crippen LogP contribution is 2.46. The van der Waals surface area contributed by atoms with Gasteiger partial charge in [0.05, 0.1) is 25.4 Å². The Hall–Kier alpha value is -3.50. The summed E-state index contributed by atoms with van der Waals surface area (Å²) in [4.78, 5) is 11.5. The number of aromatic nitrogens is 3. The molecule has 2 aliphatic heterocycles. The number of aliphatic carboxylic acids is 1. The zero-order valence-corrected chi connectivity index (χ0v) is 20.3. The van der Waals surface area contributed by atoms with Gasteiger partial charge in [0.1, 0.15) is 5.52 Å². The van der Waals surface area contributed by atoms with Gasteiger partial charge in [0.25, 0.3) is 0 Å². The summed E-state index contributed by atoms with van der Waals surface area (Å²) >= 11 is 0. The van der Waals surface area contributed by atoms with Crippen molar-refractivity contribution < 1.29 is 32.9 Å². The Morgan fingerprint density at radius 3 is 2.68 bits per heavy atom. The number of carboxylic acids is 1. The van der Waals surface area contributed by atoms with E-state index in [9.17, 15) is 14.3 Å². The lowest BCUT2D eigenvalue weighted by atomic mass is 9.84. The molecule has 2 saturated heterocycles. The van der Waals surface area contributed by atoms with Gasteiger partial charge < -0.3 is 23.9 Å². The lowest BCUT2D eigenvalue weighted by Gasteiger charge is -2.31. The Kier molecular flexibility index (Phi) is 6.08. The van der Waals surface area contributed by atoms with Gasteiger partial charge in [0, 0.05) is 53.3 Å². The second-order valence-electron chi connectivity index (χ2n) is 9.69. The van der Waals surface area contributed by atoms with Crippen LogP contribution in [0.3, 0.4) is 0 Å². The van der Waals surface area contributed by atoms with Crippen LogP contribution in [-0.4, -0.2) is 58.9 Å². The number of aromatic amines is 1. The predicted molar refractivity (Wildman–Crippen MR) is 132 cm³/mol. The van der Waals surface area contributed by atoms with Gasteiger partial charge in [0.15, 0.2) is 23.5 Å². The molecule has 8 nitrogen and oxygen atoms in total. The van der Waals surface area contributed by atoms with Crippen LogP contribution in [-0.2, 0) is 14.3 Å². The number of fused-ring (bicyclic) bond motifs is 2. The topological polar surface area (TPSA) is 98.6 Å². The summed E-state index contributed by atoms with van der Waals surface area (Å²) in [6.07, 6.45) is 3.07. The minimum Gasteiger partial charge on any atom is -0.494 e. The molecule has 2 N–H and O–H groups in total. The molecule has 0 saturated carbocycles. The van der Waals surface area contributed by atoms with E-state index in [-0.39, 0.29) is 24.2 Å². The van der Waals surface area contributed by atoms with Gasteiger partial charge in [-0.2, -0.15) is 5.10 Å². The standard InChI is InChI=1S/C27H27F2N3O5/c1-35-21-11-17(3-4-18(21)28)32-19-10-16-12-30-31-25(16)24(29)23(19)22(26(32)14-6-8-36-9-7-14)15-2-5-20(27(33)34)37-13-15/h3-4,10-12,14-15,20H,2,5-9,13H2,1H3,(H,30,31)(H,33,34)/t15-,20?/m0/s1. The molecule has 4 heterocycles. The average Bonchev–Trinajstić information content (AvgIpc) is 3.53. The molecule has 37 heavy (non-hydrogen) atoms. The van der Waals surface area contributed by atoms with E-state index in [1.54, 1.807) is 18.3 Å². The molecule has 0 bridgehead atoms. The summed E-state index contributed by atoms with van der Waals surface area (Å²) in [5.74, 6) is -1.96. The van der Waals surface area contributed by atoms with E-state index in [0.29, 0.717) is 53.5 Å². The maximum atomic E-state index is 16.3. The number of nitrogens with zero attached hydrogens (tertiary/aromatic N) is 2. The normalized spacial score (nSPS) is 21.1. The first-order valence-electron chi connectivity index (χ1n) is 12.4. The zero-order chi connectivity index (χ0) is 25.7. The highest BCUT2D eigenvalue weighted by molar-refractivity contribution is 6.00. The van der Waals surface area contributed by atoms with E-state index in [1.165, 1.54) is 13.2 Å². The van der Waals surface area contributed by atoms with Gasteiger partial charge in [-0.25, -0.2) is 13.6 Å². The molecular formula is C27H27F2N3O5. The molecule has 1 unspecified atom stereocenters. The maximum Gasteiger partial charge on any atom is 0.332 e. The Bertz CT molecular complexity index is 1480. The molecule has 0 amide bonds. The molecule has 0 aliphatic carbocycles. The van der Waals surface area contributed by atoms with Crippen LogP contribution in [0.5, 0.6) is 5.75 Å². The fourth-order valence-corrected chi connectivity index (χ4v) is 5.87. The van der Waals surface area contributed by atoms with Crippen molar-refractivity contribution in [1.29, 1.82) is 0 Å². The van der Waals surface area contributed by atoms with Gasteiger partial charge in [-0.1, -0.05) is 0 Å². The third-order valence-electron chi connectivity index (χ3n) is 7.64. The number of benzene rings is 2. The quantitative estimate of drug-likeness (QED) is 0.390. The van der Waals surface area contributed by atoms with Gasteiger partial charge >= 0.3 is 5.97 Å². The van der Waals surface area contributed by atoms with Crippen LogP contribution in [0.4, 0.5) is 8.78 Å². The number of hydrogen-bond acceptors (Lipinski definition) is 5. The summed E-state index contributed by atoms with van der Waals surface area (Å²) in [7, 11) is 1.41. The van der Waals surface area contributed by atoms with Crippen LogP contribution in [0.25, 0.3) is 27.5 Å². The van der Waals surface area contributed by atoms with Crippen molar-refractivity contribution in [3.63, 3.8) is 0 Å². The second kappa shape index (κ2) is 9.42. The molecule has 6 rings (SSSR count). The largest absolute Gasteiger partial charge is 0.494 e. The number of ether oxygens (including phenoxy) is 3. The number of hydrogen-bond donors (Lipinski definition) is 2. The molecular weight excluding hydrogens is 484 g/mol. The molecule has 4 aromatic rings. The predicted octanol–water partition coefficient (Wildman–Crippen LogP) is 5.03. The maximum absolute atomic E-state index is 16.3. The lowest BCUT2D eigenvalue weighted by molar-refractivity contribution is -0.153. The van der Waals surface area contributed by atoms with Crippen LogP contribution in [0.15, 0.2) is 30.5 Å². The highest BCUT2D eigenvalue weighted by atomic mass is 19.1. The first-order valence-corrected chi connectivity index (χ1v) is 12.4. The molecule has 0 radical (unpaired) electrons. The fraction of sp³-hybridized carbons (Fsp3) is 0.407. The van der Waals surface area contributed by atoms with Crippen molar-refractivity contribution in [2.75, 3.05) is 26.9 Å². The van der Waals surface area contributed by atoms with Gasteiger partial charge in [-0.05, 0) is 49.4 Å². The van der Waals surface area contributed by atoms with Gasteiger partial charge in [0.2, 0.25) is 0 Å². The van der Waals surface area contributed by atoms with E-state index in [1.807, 2.05) is 10.6 Å². The Morgan fingerprint density at radius 1 is 1.16 bits per heavy atom. The smallest absolute Gasteiger partial charge is 0.332 e. The molecule has 194 valence electrons. The Labute approximate surface area is 211 Å². The summed E-state index contributed by atoms with van der Waals surface area (Å²) in [6.45, 7) is 1.32. The van der Waals surface area contributed by atoms with Gasteiger partial charge in [-0.15, -0.1) is 0 Å². The third-order valence-corrected chi connectivity index (χ3v) is 7.64. The second-order valence-corrected chi connectivity index (χ2v) is 9.69. The van der Waals surface area contributed by atoms with Crippen LogP contribution in [0.2, 0.25) is 0 Å². The summed E-state index contributed by atoms with van der Waals surface area (Å²) < 4.78 is 49.3. The number of carboxylic acid groups (broad SMARTS) is 1.